The molecule has 0 aliphatic heterocycles. The Labute approximate surface area is 182 Å². The quantitative estimate of drug-likeness (QED) is 0.647. The summed E-state index contributed by atoms with van der Waals surface area (Å²) in [7, 11) is 1.36. The van der Waals surface area contributed by atoms with E-state index < -0.39 is 0 Å². The molecule has 0 radical (unpaired) electrons. The topological polar surface area (TPSA) is 88.7 Å². The second-order valence-corrected chi connectivity index (χ2v) is 9.93. The highest BCUT2D eigenvalue weighted by molar-refractivity contribution is 5.89. The van der Waals surface area contributed by atoms with Crippen LogP contribution in [-0.2, 0) is 11.3 Å². The Morgan fingerprint density at radius 3 is 2.39 bits per heavy atom. The van der Waals surface area contributed by atoms with Gasteiger partial charge in [0.25, 0.3) is 0 Å². The molecule has 4 fully saturated rings. The molecule has 0 spiro atoms. The van der Waals surface area contributed by atoms with E-state index in [9.17, 15) is 9.90 Å². The van der Waals surface area contributed by atoms with Crippen LogP contribution in [0, 0.1) is 23.2 Å². The lowest BCUT2D eigenvalue weighted by molar-refractivity contribution is -0.0723. The average Bonchev–Trinajstić information content (AvgIpc) is 3.20. The molecule has 166 valence electrons. The third kappa shape index (κ3) is 4.26. The molecule has 1 aromatic carbocycles. The predicted molar refractivity (Wildman–Crippen MR) is 114 cm³/mol. The first-order chi connectivity index (χ1) is 15.1. The molecule has 0 amide bonds. The largest absolute Gasteiger partial charge is 0.465 e. The van der Waals surface area contributed by atoms with Crippen molar-refractivity contribution in [2.24, 2.45) is 23.2 Å². The summed E-state index contributed by atoms with van der Waals surface area (Å²) >= 11 is 0. The summed E-state index contributed by atoms with van der Waals surface area (Å²) in [6.45, 7) is 2.30. The molecule has 7 heteroatoms. The monoisotopic (exact) mass is 425 g/mol. The van der Waals surface area contributed by atoms with Crippen LogP contribution in [0.15, 0.2) is 28.8 Å². The Hall–Kier alpha value is -2.25. The van der Waals surface area contributed by atoms with Crippen molar-refractivity contribution in [3.05, 3.63) is 35.7 Å². The summed E-state index contributed by atoms with van der Waals surface area (Å²) in [6.07, 6.45) is 8.30. The van der Waals surface area contributed by atoms with Gasteiger partial charge in [-0.25, -0.2) is 4.79 Å². The van der Waals surface area contributed by atoms with Crippen LogP contribution in [0.3, 0.4) is 0 Å². The third-order valence-corrected chi connectivity index (χ3v) is 7.53. The minimum atomic E-state index is -0.371. The van der Waals surface area contributed by atoms with Gasteiger partial charge in [-0.05, 0) is 73.8 Å². The maximum absolute atomic E-state index is 11.6. The van der Waals surface area contributed by atoms with Gasteiger partial charge in [0, 0.05) is 18.7 Å². The van der Waals surface area contributed by atoms with E-state index in [1.165, 1.54) is 45.6 Å². The van der Waals surface area contributed by atoms with Crippen LogP contribution in [0.1, 0.15) is 54.8 Å². The molecule has 4 aliphatic rings. The summed E-state index contributed by atoms with van der Waals surface area (Å²) < 4.78 is 10.3. The van der Waals surface area contributed by atoms with Gasteiger partial charge in [-0.1, -0.05) is 17.3 Å². The summed E-state index contributed by atoms with van der Waals surface area (Å²) in [4.78, 5) is 18.5. The Bertz CT molecular complexity index is 888. The fourth-order valence-electron chi connectivity index (χ4n) is 6.81. The summed E-state index contributed by atoms with van der Waals surface area (Å²) in [6, 6.07) is 6.98. The highest BCUT2D eigenvalue weighted by Gasteiger charge is 2.51. The van der Waals surface area contributed by atoms with Crippen molar-refractivity contribution in [3.8, 4) is 11.4 Å². The van der Waals surface area contributed by atoms with E-state index in [0.717, 1.165) is 29.9 Å². The van der Waals surface area contributed by atoms with Gasteiger partial charge in [-0.2, -0.15) is 4.98 Å². The van der Waals surface area contributed by atoms with E-state index in [0.29, 0.717) is 35.8 Å². The van der Waals surface area contributed by atoms with Crippen LogP contribution in [0.25, 0.3) is 11.4 Å². The molecule has 1 heterocycles. The van der Waals surface area contributed by atoms with Crippen molar-refractivity contribution < 1.29 is 19.2 Å². The van der Waals surface area contributed by atoms with E-state index in [1.807, 2.05) is 0 Å². The molecule has 1 aromatic heterocycles. The van der Waals surface area contributed by atoms with Crippen LogP contribution < -0.4 is 0 Å². The van der Waals surface area contributed by atoms with Gasteiger partial charge in [-0.15, -0.1) is 0 Å². The molecule has 7 nitrogen and oxygen atoms in total. The number of esters is 1. The molecule has 2 aromatic rings. The van der Waals surface area contributed by atoms with E-state index in [-0.39, 0.29) is 12.6 Å². The lowest BCUT2D eigenvalue weighted by Crippen LogP contribution is -2.51. The zero-order valence-corrected chi connectivity index (χ0v) is 18.1. The highest BCUT2D eigenvalue weighted by atomic mass is 16.5. The predicted octanol–water partition coefficient (Wildman–Crippen LogP) is 3.53. The maximum Gasteiger partial charge on any atom is 0.337 e. The molecule has 4 aliphatic carbocycles. The Kier molecular flexibility index (Phi) is 5.56. The number of hydrogen-bond acceptors (Lipinski definition) is 7. The number of aromatic nitrogens is 2. The molecule has 0 unspecified atom stereocenters. The Balaban J connectivity index is 1.27. The van der Waals surface area contributed by atoms with Gasteiger partial charge in [0.1, 0.15) is 0 Å². The van der Waals surface area contributed by atoms with Gasteiger partial charge in [0.2, 0.25) is 11.7 Å². The van der Waals surface area contributed by atoms with Crippen LogP contribution >= 0.6 is 0 Å². The van der Waals surface area contributed by atoms with Gasteiger partial charge in [0.15, 0.2) is 0 Å². The van der Waals surface area contributed by atoms with Gasteiger partial charge < -0.3 is 14.4 Å². The highest BCUT2D eigenvalue weighted by Crippen LogP contribution is 2.60. The van der Waals surface area contributed by atoms with E-state index >= 15 is 0 Å². The Morgan fingerprint density at radius 1 is 1.16 bits per heavy atom. The van der Waals surface area contributed by atoms with E-state index in [2.05, 4.69) is 15.0 Å². The first kappa shape index (κ1) is 20.6. The van der Waals surface area contributed by atoms with Crippen molar-refractivity contribution in [2.45, 2.75) is 45.1 Å². The van der Waals surface area contributed by atoms with Crippen molar-refractivity contribution in [1.82, 2.24) is 15.0 Å². The lowest BCUT2D eigenvalue weighted by atomic mass is 9.49. The molecule has 0 atom stereocenters. The van der Waals surface area contributed by atoms with E-state index in [1.54, 1.807) is 24.3 Å². The normalized spacial score (nSPS) is 28.9. The van der Waals surface area contributed by atoms with Crippen LogP contribution in [0.4, 0.5) is 0 Å². The lowest BCUT2D eigenvalue weighted by Gasteiger charge is -2.57. The summed E-state index contributed by atoms with van der Waals surface area (Å²) in [5, 5.41) is 13.8. The van der Waals surface area contributed by atoms with Crippen molar-refractivity contribution in [3.63, 3.8) is 0 Å². The molecule has 1 N–H and O–H groups in total. The number of benzene rings is 1. The number of carbonyl (C=O) groups is 1. The van der Waals surface area contributed by atoms with Gasteiger partial charge in [-0.3, -0.25) is 4.90 Å². The third-order valence-electron chi connectivity index (χ3n) is 7.53. The fraction of sp³-hybridized carbons (Fsp3) is 0.625. The number of methoxy groups -OCH3 is 1. The zero-order valence-electron chi connectivity index (χ0n) is 18.1. The molecule has 31 heavy (non-hydrogen) atoms. The molecule has 4 bridgehead atoms. The minimum Gasteiger partial charge on any atom is -0.465 e. The Morgan fingerprint density at radius 2 is 1.81 bits per heavy atom. The molecule has 6 rings (SSSR count). The van der Waals surface area contributed by atoms with E-state index in [4.69, 9.17) is 9.26 Å². The second-order valence-electron chi connectivity index (χ2n) is 9.93. The van der Waals surface area contributed by atoms with Crippen molar-refractivity contribution >= 4 is 5.97 Å². The smallest absolute Gasteiger partial charge is 0.337 e. The molecule has 0 saturated heterocycles. The minimum absolute atomic E-state index is 0.127. The number of aliphatic hydroxyl groups excluding tert-OH is 1. The zero-order chi connectivity index (χ0) is 21.4. The molecular weight excluding hydrogens is 394 g/mol. The number of carbonyl (C=O) groups excluding carboxylic acids is 1. The molecular formula is C24H31N3O4. The second kappa shape index (κ2) is 8.36. The average molecular weight is 426 g/mol. The SMILES string of the molecule is COC(=O)c1ccc(-c2noc(CN(CCO)CC34CC5CC(CC(C5)C3)C4)n2)cc1. The number of aliphatic hydroxyl groups is 1. The maximum atomic E-state index is 11.6. The number of rotatable bonds is 8. The first-order valence-electron chi connectivity index (χ1n) is 11.4. The summed E-state index contributed by atoms with van der Waals surface area (Å²) in [5.41, 5.74) is 1.67. The number of ether oxygens (including phenoxy) is 1. The van der Waals surface area contributed by atoms with Crippen LogP contribution in [0.5, 0.6) is 0 Å². The van der Waals surface area contributed by atoms with Gasteiger partial charge >= 0.3 is 5.97 Å². The van der Waals surface area contributed by atoms with Crippen molar-refractivity contribution in [2.75, 3.05) is 26.8 Å². The fourth-order valence-corrected chi connectivity index (χ4v) is 6.81. The van der Waals surface area contributed by atoms with Crippen LogP contribution in [0.2, 0.25) is 0 Å². The summed E-state index contributed by atoms with van der Waals surface area (Å²) in [5.74, 6) is 3.42. The van der Waals surface area contributed by atoms with Gasteiger partial charge in [0.05, 0.1) is 25.8 Å². The van der Waals surface area contributed by atoms with Crippen LogP contribution in [-0.4, -0.2) is 52.9 Å². The first-order valence-corrected chi connectivity index (χ1v) is 11.4. The number of hydrogen-bond donors (Lipinski definition) is 1. The number of nitrogens with zero attached hydrogens (tertiary/aromatic N) is 3. The standard InChI is InChI=1S/C24H31N3O4/c1-30-23(29)20-4-2-19(3-5-20)22-25-21(31-26-22)14-27(6-7-28)15-24-11-16-8-17(12-24)10-18(9-16)13-24/h2-5,16-18,28H,6-15H2,1H3. The molecule has 4 saturated carbocycles. The van der Waals surface area contributed by atoms with Crippen molar-refractivity contribution in [1.29, 1.82) is 0 Å².